The van der Waals surface area contributed by atoms with Crippen LogP contribution >= 0.6 is 0 Å². The van der Waals surface area contributed by atoms with Gasteiger partial charge in [-0.15, -0.1) is 0 Å². The summed E-state index contributed by atoms with van der Waals surface area (Å²) in [7, 11) is 0. The van der Waals surface area contributed by atoms with Crippen molar-refractivity contribution in [3.8, 4) is 11.5 Å². The number of carboxylic acid groups (broad SMARTS) is 1. The van der Waals surface area contributed by atoms with Crippen LogP contribution in [0.15, 0.2) is 54.7 Å². The van der Waals surface area contributed by atoms with Crippen molar-refractivity contribution in [1.82, 2.24) is 14.9 Å². The predicted molar refractivity (Wildman–Crippen MR) is 120 cm³/mol. The van der Waals surface area contributed by atoms with Crippen LogP contribution in [0.1, 0.15) is 16.1 Å². The molecule has 2 heterocycles. The van der Waals surface area contributed by atoms with Gasteiger partial charge >= 0.3 is 5.97 Å². The van der Waals surface area contributed by atoms with Gasteiger partial charge in [0.05, 0.1) is 5.69 Å². The zero-order valence-electron chi connectivity index (χ0n) is 18.4. The molecule has 178 valence electrons. The number of halogens is 2. The first-order chi connectivity index (χ1) is 16.5. The number of hydrogen-bond acceptors (Lipinski definition) is 7. The average molecular weight is 470 g/mol. The molecular weight excluding hydrogens is 446 g/mol. The highest BCUT2D eigenvalue weighted by molar-refractivity contribution is 5.88. The molecule has 8 nitrogen and oxygen atoms in total. The second-order valence-electron chi connectivity index (χ2n) is 7.71. The van der Waals surface area contributed by atoms with Gasteiger partial charge in [0, 0.05) is 38.9 Å². The summed E-state index contributed by atoms with van der Waals surface area (Å²) in [4.78, 5) is 24.5. The molecule has 0 atom stereocenters. The first kappa shape index (κ1) is 23.4. The maximum atomic E-state index is 13.1. The van der Waals surface area contributed by atoms with E-state index < -0.39 is 5.97 Å². The number of carboxylic acids is 1. The van der Waals surface area contributed by atoms with Gasteiger partial charge in [0.15, 0.2) is 0 Å². The van der Waals surface area contributed by atoms with Crippen LogP contribution in [0.4, 0.5) is 14.7 Å². The number of rotatable bonds is 9. The van der Waals surface area contributed by atoms with Gasteiger partial charge < -0.3 is 19.5 Å². The maximum absolute atomic E-state index is 13.1. The van der Waals surface area contributed by atoms with Gasteiger partial charge in [-0.05, 0) is 48.5 Å². The summed E-state index contributed by atoms with van der Waals surface area (Å²) in [6.45, 7) is 3.99. The number of piperazine rings is 1. The lowest BCUT2D eigenvalue weighted by Crippen LogP contribution is -2.48. The molecule has 1 N–H and O–H groups in total. The van der Waals surface area contributed by atoms with Crippen LogP contribution in [0.3, 0.4) is 0 Å². The van der Waals surface area contributed by atoms with Gasteiger partial charge in [0.1, 0.15) is 41.9 Å². The summed E-state index contributed by atoms with van der Waals surface area (Å²) in [5.74, 6) is -0.354. The normalized spacial score (nSPS) is 14.1. The average Bonchev–Trinajstić information content (AvgIpc) is 2.85. The molecule has 1 aliphatic heterocycles. The van der Waals surface area contributed by atoms with Crippen LogP contribution in [-0.2, 0) is 6.61 Å². The highest BCUT2D eigenvalue weighted by atomic mass is 19.1. The third kappa shape index (κ3) is 6.16. The third-order valence-corrected chi connectivity index (χ3v) is 5.42. The molecule has 4 rings (SSSR count). The Kier molecular flexibility index (Phi) is 7.48. The van der Waals surface area contributed by atoms with Crippen molar-refractivity contribution < 1.29 is 28.2 Å². The lowest BCUT2D eigenvalue weighted by Gasteiger charge is -2.34. The van der Waals surface area contributed by atoms with Crippen LogP contribution in [0.5, 0.6) is 11.5 Å². The molecule has 34 heavy (non-hydrogen) atoms. The molecule has 0 radical (unpaired) electrons. The smallest absolute Gasteiger partial charge is 0.339 e. The highest BCUT2D eigenvalue weighted by Crippen LogP contribution is 2.18. The Hall–Kier alpha value is -3.79. The maximum Gasteiger partial charge on any atom is 0.339 e. The summed E-state index contributed by atoms with van der Waals surface area (Å²) < 4.78 is 37.3. The van der Waals surface area contributed by atoms with E-state index in [1.54, 1.807) is 12.1 Å². The van der Waals surface area contributed by atoms with E-state index in [4.69, 9.17) is 9.47 Å². The molecule has 0 aliphatic carbocycles. The standard InChI is InChI=1S/C24H24F2N4O4/c25-17-1-5-19(6-2-17)33-14-13-29-9-11-30(12-10-29)24-27-15-21(23(31)32)22(28-24)16-34-20-7-3-18(26)4-8-20/h1-8,15H,9-14,16H2,(H,31,32). The second kappa shape index (κ2) is 10.9. The first-order valence-electron chi connectivity index (χ1n) is 10.8. The van der Waals surface area contributed by atoms with Crippen LogP contribution in [0.2, 0.25) is 0 Å². The number of nitrogens with zero attached hydrogens (tertiary/aromatic N) is 4. The van der Waals surface area contributed by atoms with Crippen molar-refractivity contribution in [1.29, 1.82) is 0 Å². The van der Waals surface area contributed by atoms with Gasteiger partial charge in [-0.25, -0.2) is 23.5 Å². The summed E-state index contributed by atoms with van der Waals surface area (Å²) in [5.41, 5.74) is 0.208. The fourth-order valence-electron chi connectivity index (χ4n) is 3.53. The number of ether oxygens (including phenoxy) is 2. The Morgan fingerprint density at radius 1 is 0.912 bits per heavy atom. The van der Waals surface area contributed by atoms with E-state index in [0.29, 0.717) is 37.1 Å². The minimum atomic E-state index is -1.14. The molecule has 1 saturated heterocycles. The molecule has 0 saturated carbocycles. The minimum absolute atomic E-state index is 0.0394. The topological polar surface area (TPSA) is 88.0 Å². The summed E-state index contributed by atoms with van der Waals surface area (Å²) in [5, 5.41) is 9.48. The fraction of sp³-hybridized carbons (Fsp3) is 0.292. The third-order valence-electron chi connectivity index (χ3n) is 5.42. The minimum Gasteiger partial charge on any atom is -0.492 e. The SMILES string of the molecule is O=C(O)c1cnc(N2CCN(CCOc3ccc(F)cc3)CC2)nc1COc1ccc(F)cc1. The summed E-state index contributed by atoms with van der Waals surface area (Å²) in [6.07, 6.45) is 1.29. The van der Waals surface area contributed by atoms with Crippen molar-refractivity contribution in [2.45, 2.75) is 6.61 Å². The van der Waals surface area contributed by atoms with Crippen LogP contribution in [0.25, 0.3) is 0 Å². The predicted octanol–water partition coefficient (Wildman–Crippen LogP) is 3.23. The molecule has 1 aromatic heterocycles. The van der Waals surface area contributed by atoms with Gasteiger partial charge in [0.2, 0.25) is 5.95 Å². The van der Waals surface area contributed by atoms with Crippen molar-refractivity contribution in [3.05, 3.63) is 77.6 Å². The van der Waals surface area contributed by atoms with Crippen LogP contribution < -0.4 is 14.4 Å². The molecule has 0 unspecified atom stereocenters. The van der Waals surface area contributed by atoms with Gasteiger partial charge in [-0.2, -0.15) is 0 Å². The molecule has 1 aliphatic rings. The Bertz CT molecular complexity index is 1100. The summed E-state index contributed by atoms with van der Waals surface area (Å²) in [6, 6.07) is 11.4. The van der Waals surface area contributed by atoms with Gasteiger partial charge in [-0.1, -0.05) is 0 Å². The number of aromatic carboxylic acids is 1. The van der Waals surface area contributed by atoms with E-state index in [0.717, 1.165) is 19.6 Å². The number of anilines is 1. The molecule has 0 amide bonds. The zero-order chi connectivity index (χ0) is 23.9. The molecule has 0 bridgehead atoms. The van der Waals surface area contributed by atoms with E-state index >= 15 is 0 Å². The fourth-order valence-corrected chi connectivity index (χ4v) is 3.53. The molecular formula is C24H24F2N4O4. The van der Waals surface area contributed by atoms with Crippen molar-refractivity contribution in [2.24, 2.45) is 0 Å². The summed E-state index contributed by atoms with van der Waals surface area (Å²) >= 11 is 0. The number of benzene rings is 2. The van der Waals surface area contributed by atoms with E-state index in [9.17, 15) is 18.7 Å². The lowest BCUT2D eigenvalue weighted by molar-refractivity contribution is 0.0692. The van der Waals surface area contributed by atoms with Crippen LogP contribution in [0, 0.1) is 11.6 Å². The Balaban J connectivity index is 1.32. The molecule has 1 fully saturated rings. The van der Waals surface area contributed by atoms with Crippen molar-refractivity contribution >= 4 is 11.9 Å². The van der Waals surface area contributed by atoms with Crippen molar-refractivity contribution in [2.75, 3.05) is 44.2 Å². The van der Waals surface area contributed by atoms with E-state index in [2.05, 4.69) is 14.9 Å². The van der Waals surface area contributed by atoms with E-state index in [-0.39, 0.29) is 29.5 Å². The first-order valence-corrected chi connectivity index (χ1v) is 10.8. The lowest BCUT2D eigenvalue weighted by atomic mass is 10.2. The molecule has 2 aromatic carbocycles. The monoisotopic (exact) mass is 470 g/mol. The Morgan fingerprint density at radius 3 is 2.09 bits per heavy atom. The van der Waals surface area contributed by atoms with Gasteiger partial charge in [-0.3, -0.25) is 4.90 Å². The van der Waals surface area contributed by atoms with Crippen LogP contribution in [-0.4, -0.2) is 65.3 Å². The molecule has 3 aromatic rings. The molecule has 10 heteroatoms. The van der Waals surface area contributed by atoms with Crippen molar-refractivity contribution in [3.63, 3.8) is 0 Å². The second-order valence-corrected chi connectivity index (χ2v) is 7.71. The van der Waals surface area contributed by atoms with E-state index in [1.165, 1.54) is 42.6 Å². The Morgan fingerprint density at radius 2 is 1.50 bits per heavy atom. The number of hydrogen-bond donors (Lipinski definition) is 1. The van der Waals surface area contributed by atoms with E-state index in [1.807, 2.05) is 4.90 Å². The zero-order valence-corrected chi connectivity index (χ0v) is 18.4. The Labute approximate surface area is 195 Å². The highest BCUT2D eigenvalue weighted by Gasteiger charge is 2.21. The quantitative estimate of drug-likeness (QED) is 0.510. The number of carbonyl (C=O) groups is 1. The van der Waals surface area contributed by atoms with Gasteiger partial charge in [0.25, 0.3) is 0 Å². The molecule has 0 spiro atoms. The number of aromatic nitrogens is 2. The largest absolute Gasteiger partial charge is 0.492 e.